The van der Waals surface area contributed by atoms with Gasteiger partial charge in [0.25, 0.3) is 0 Å². The van der Waals surface area contributed by atoms with Crippen molar-refractivity contribution in [2.45, 2.75) is 0 Å². The minimum absolute atomic E-state index is 0.533. The van der Waals surface area contributed by atoms with Crippen molar-refractivity contribution >= 4 is 41.1 Å². The molecule has 36 heavy (non-hydrogen) atoms. The van der Waals surface area contributed by atoms with Crippen LogP contribution in [0, 0.1) is 0 Å². The Morgan fingerprint density at radius 1 is 0.500 bits per heavy atom. The van der Waals surface area contributed by atoms with Crippen molar-refractivity contribution in [2.75, 3.05) is 0 Å². The van der Waals surface area contributed by atoms with Crippen LogP contribution in [0.3, 0.4) is 0 Å². The van der Waals surface area contributed by atoms with E-state index < -0.39 is 14.3 Å². The second kappa shape index (κ2) is 9.07. The van der Waals surface area contributed by atoms with Crippen LogP contribution in [0.2, 0.25) is 0 Å². The minimum atomic E-state index is -3.55. The van der Waals surface area contributed by atoms with Gasteiger partial charge in [0.05, 0.1) is 5.06 Å². The topological polar surface area (TPSA) is 34.1 Å². The molecule has 0 saturated heterocycles. The van der Waals surface area contributed by atoms with Gasteiger partial charge in [0, 0.05) is 26.8 Å². The van der Waals surface area contributed by atoms with E-state index in [0.29, 0.717) is 21.0 Å². The molecule has 1 atom stereocenters. The van der Waals surface area contributed by atoms with Crippen molar-refractivity contribution in [3.8, 4) is 0 Å². The van der Waals surface area contributed by atoms with E-state index in [9.17, 15) is 0 Å². The Labute approximate surface area is 211 Å². The molecule has 0 unspecified atom stereocenters. The molecule has 0 N–H and O–H groups in total. The lowest BCUT2D eigenvalue weighted by molar-refractivity contribution is 0.586. The van der Waals surface area contributed by atoms with Crippen molar-refractivity contribution in [3.63, 3.8) is 0 Å². The molecule has 0 bridgehead atoms. The first kappa shape index (κ1) is 22.7. The number of fused-ring (bicyclic) bond motifs is 1. The standard InChI is InChI=1S/C32H24O2P2/c33-35(26-17-7-2-8-18-26,27-19-9-3-10-20-27)32-31(25-15-5-1-6-16-25)29-23-13-14-24-30(29)36(32,34)28-21-11-4-12-22-28/h1-24H/t36-/m0/s1. The third kappa shape index (κ3) is 3.41. The van der Waals surface area contributed by atoms with Crippen LogP contribution in [-0.2, 0) is 9.13 Å². The summed E-state index contributed by atoms with van der Waals surface area (Å²) >= 11 is 0. The fourth-order valence-electron chi connectivity index (χ4n) is 5.17. The van der Waals surface area contributed by atoms with Crippen molar-refractivity contribution < 1.29 is 9.13 Å². The van der Waals surface area contributed by atoms with Crippen LogP contribution in [-0.4, -0.2) is 0 Å². The maximum atomic E-state index is 15.8. The summed E-state index contributed by atoms with van der Waals surface area (Å²) in [6, 6.07) is 46.5. The Hall–Kier alpha value is -3.70. The van der Waals surface area contributed by atoms with E-state index in [2.05, 4.69) is 0 Å². The predicted molar refractivity (Wildman–Crippen MR) is 152 cm³/mol. The average molecular weight is 502 g/mol. The smallest absolute Gasteiger partial charge is 0.176 e. The SMILES string of the molecule is O=P(C1=C(c2ccccc2)c2ccccc2[P@@]1(=O)c1ccccc1)(c1ccccc1)c1ccccc1. The highest BCUT2D eigenvalue weighted by molar-refractivity contribution is 8.01. The Kier molecular flexibility index (Phi) is 5.73. The highest BCUT2D eigenvalue weighted by Gasteiger charge is 2.51. The van der Waals surface area contributed by atoms with Gasteiger partial charge < -0.3 is 9.13 Å². The Bertz CT molecular complexity index is 1620. The van der Waals surface area contributed by atoms with Gasteiger partial charge >= 0.3 is 0 Å². The van der Waals surface area contributed by atoms with E-state index in [1.54, 1.807) is 0 Å². The summed E-state index contributed by atoms with van der Waals surface area (Å²) in [4.78, 5) is 0. The fraction of sp³-hybridized carbons (Fsp3) is 0. The Balaban J connectivity index is 1.83. The van der Waals surface area contributed by atoms with Gasteiger partial charge in [0.1, 0.15) is 0 Å². The minimum Gasteiger partial charge on any atom is -0.308 e. The average Bonchev–Trinajstić information content (AvgIpc) is 3.24. The van der Waals surface area contributed by atoms with Crippen LogP contribution >= 0.6 is 14.3 Å². The van der Waals surface area contributed by atoms with Crippen LogP contribution in [0.15, 0.2) is 151 Å². The van der Waals surface area contributed by atoms with Crippen molar-refractivity contribution in [3.05, 3.63) is 162 Å². The van der Waals surface area contributed by atoms with Crippen LogP contribution in [0.1, 0.15) is 11.1 Å². The highest BCUT2D eigenvalue weighted by Crippen LogP contribution is 2.75. The molecule has 5 aromatic carbocycles. The summed E-state index contributed by atoms with van der Waals surface area (Å²) in [6.45, 7) is 0. The summed E-state index contributed by atoms with van der Waals surface area (Å²) in [5.41, 5.74) is 2.62. The lowest BCUT2D eigenvalue weighted by Crippen LogP contribution is -2.22. The van der Waals surface area contributed by atoms with Gasteiger partial charge in [0.2, 0.25) is 0 Å². The largest absolute Gasteiger partial charge is 0.308 e. The summed E-state index contributed by atoms with van der Waals surface area (Å²) in [7, 11) is -7.03. The Morgan fingerprint density at radius 3 is 1.50 bits per heavy atom. The molecule has 1 heterocycles. The molecule has 4 heteroatoms. The number of hydrogen-bond acceptors (Lipinski definition) is 2. The molecule has 2 nitrogen and oxygen atoms in total. The molecular weight excluding hydrogens is 478 g/mol. The third-order valence-corrected chi connectivity index (χ3v) is 14.2. The molecule has 0 fully saturated rings. The van der Waals surface area contributed by atoms with Crippen LogP contribution < -0.4 is 21.2 Å². The zero-order chi connectivity index (χ0) is 24.6. The molecule has 174 valence electrons. The third-order valence-electron chi connectivity index (χ3n) is 6.75. The summed E-state index contributed by atoms with van der Waals surface area (Å²) < 4.78 is 31.5. The molecule has 1 aliphatic heterocycles. The van der Waals surface area contributed by atoms with Gasteiger partial charge in [-0.05, 0) is 11.1 Å². The zero-order valence-corrected chi connectivity index (χ0v) is 21.4. The first-order valence-electron chi connectivity index (χ1n) is 11.9. The molecule has 6 rings (SSSR count). The van der Waals surface area contributed by atoms with Crippen molar-refractivity contribution in [2.24, 2.45) is 0 Å². The first-order valence-corrected chi connectivity index (χ1v) is 15.3. The fourth-order valence-corrected chi connectivity index (χ4v) is 13.4. The Morgan fingerprint density at radius 2 is 0.944 bits per heavy atom. The predicted octanol–water partition coefficient (Wildman–Crippen LogP) is 6.75. The molecule has 1 aliphatic rings. The van der Waals surface area contributed by atoms with Crippen molar-refractivity contribution in [1.82, 2.24) is 0 Å². The maximum absolute atomic E-state index is 15.8. The van der Waals surface area contributed by atoms with Gasteiger partial charge in [-0.3, -0.25) is 0 Å². The van der Waals surface area contributed by atoms with Gasteiger partial charge in [-0.15, -0.1) is 0 Å². The molecule has 0 amide bonds. The molecule has 0 spiro atoms. The molecule has 0 aliphatic carbocycles. The lowest BCUT2D eigenvalue weighted by Gasteiger charge is -2.28. The number of benzene rings is 5. The first-order chi connectivity index (χ1) is 17.6. The van der Waals surface area contributed by atoms with Crippen molar-refractivity contribution in [1.29, 1.82) is 0 Å². The second-order valence-electron chi connectivity index (χ2n) is 8.81. The van der Waals surface area contributed by atoms with Crippen LogP contribution in [0.25, 0.3) is 5.57 Å². The normalized spacial score (nSPS) is 17.1. The number of rotatable bonds is 5. The lowest BCUT2D eigenvalue weighted by atomic mass is 10.00. The van der Waals surface area contributed by atoms with E-state index in [0.717, 1.165) is 22.0 Å². The van der Waals surface area contributed by atoms with Gasteiger partial charge in [-0.2, -0.15) is 0 Å². The molecule has 0 radical (unpaired) electrons. The monoisotopic (exact) mass is 502 g/mol. The summed E-state index contributed by atoms with van der Waals surface area (Å²) in [6.07, 6.45) is 0. The molecule has 0 saturated carbocycles. The van der Waals surface area contributed by atoms with E-state index in [1.165, 1.54) is 0 Å². The van der Waals surface area contributed by atoms with E-state index in [4.69, 9.17) is 0 Å². The zero-order valence-electron chi connectivity index (χ0n) is 19.6. The summed E-state index contributed by atoms with van der Waals surface area (Å²) in [5, 5.41) is 3.35. The number of hydrogen-bond donors (Lipinski definition) is 0. The molecule has 0 aromatic heterocycles. The second-order valence-corrected chi connectivity index (χ2v) is 14.5. The van der Waals surface area contributed by atoms with Crippen LogP contribution in [0.5, 0.6) is 0 Å². The van der Waals surface area contributed by atoms with Gasteiger partial charge in [-0.1, -0.05) is 146 Å². The highest BCUT2D eigenvalue weighted by atomic mass is 31.2. The van der Waals surface area contributed by atoms with Crippen LogP contribution in [0.4, 0.5) is 0 Å². The van der Waals surface area contributed by atoms with E-state index in [1.807, 2.05) is 146 Å². The summed E-state index contributed by atoms with van der Waals surface area (Å²) in [5.74, 6) is 0. The van der Waals surface area contributed by atoms with Gasteiger partial charge in [0.15, 0.2) is 14.3 Å². The van der Waals surface area contributed by atoms with Gasteiger partial charge in [-0.25, -0.2) is 0 Å². The maximum Gasteiger partial charge on any atom is 0.176 e. The molecule has 5 aromatic rings. The van der Waals surface area contributed by atoms with E-state index in [-0.39, 0.29) is 0 Å². The van der Waals surface area contributed by atoms with E-state index >= 15 is 9.13 Å². The molecular formula is C32H24O2P2. The quantitative estimate of drug-likeness (QED) is 0.249.